The molecular formula is C11H18N2O3S. The number of ether oxygens (including phenoxy) is 1. The lowest BCUT2D eigenvalue weighted by Crippen LogP contribution is -2.29. The van der Waals surface area contributed by atoms with Gasteiger partial charge in [0.25, 0.3) is 0 Å². The fraction of sp³-hybridized carbons (Fsp3) is 0.636. The predicted molar refractivity (Wildman–Crippen MR) is 67.6 cm³/mol. The lowest BCUT2D eigenvalue weighted by molar-refractivity contribution is -0.138. The summed E-state index contributed by atoms with van der Waals surface area (Å²) < 4.78 is 4.91. The summed E-state index contributed by atoms with van der Waals surface area (Å²) in [6.07, 6.45) is 2.11. The molecule has 1 aromatic rings. The van der Waals surface area contributed by atoms with Crippen molar-refractivity contribution in [3.8, 4) is 0 Å². The van der Waals surface area contributed by atoms with Crippen LogP contribution in [0.4, 0.5) is 5.13 Å². The molecule has 5 nitrogen and oxygen atoms in total. The minimum absolute atomic E-state index is 0.532. The number of hydrogen-bond donors (Lipinski definition) is 2. The molecule has 17 heavy (non-hydrogen) atoms. The Morgan fingerprint density at radius 1 is 1.71 bits per heavy atom. The van der Waals surface area contributed by atoms with Crippen LogP contribution in [0.1, 0.15) is 25.5 Å². The molecular weight excluding hydrogens is 240 g/mol. The van der Waals surface area contributed by atoms with Gasteiger partial charge in [0.1, 0.15) is 6.04 Å². The smallest absolute Gasteiger partial charge is 0.326 e. The van der Waals surface area contributed by atoms with Crippen molar-refractivity contribution in [3.05, 3.63) is 11.1 Å². The number of rotatable bonds is 8. The van der Waals surface area contributed by atoms with E-state index in [1.165, 1.54) is 11.3 Å². The molecule has 0 spiro atoms. The molecule has 0 saturated carbocycles. The summed E-state index contributed by atoms with van der Waals surface area (Å²) in [4.78, 5) is 15.3. The Morgan fingerprint density at radius 2 is 2.47 bits per heavy atom. The van der Waals surface area contributed by atoms with Crippen molar-refractivity contribution in [3.63, 3.8) is 0 Å². The molecule has 0 fully saturated rings. The van der Waals surface area contributed by atoms with Crippen molar-refractivity contribution < 1.29 is 14.6 Å². The average molecular weight is 258 g/mol. The highest BCUT2D eigenvalue weighted by Gasteiger charge is 2.17. The molecule has 0 aliphatic carbocycles. The topological polar surface area (TPSA) is 71.5 Å². The summed E-state index contributed by atoms with van der Waals surface area (Å²) in [6, 6.07) is -0.596. The quantitative estimate of drug-likeness (QED) is 0.698. The van der Waals surface area contributed by atoms with Crippen LogP contribution in [0.25, 0.3) is 0 Å². The minimum atomic E-state index is -0.852. The van der Waals surface area contributed by atoms with E-state index in [4.69, 9.17) is 9.84 Å². The van der Waals surface area contributed by atoms with Crippen LogP contribution in [0.2, 0.25) is 0 Å². The Bertz CT molecular complexity index is 354. The average Bonchev–Trinajstić information content (AvgIpc) is 2.75. The minimum Gasteiger partial charge on any atom is -0.480 e. The molecule has 96 valence electrons. The molecule has 0 aliphatic heterocycles. The first-order valence-corrected chi connectivity index (χ1v) is 6.48. The number of carboxylic acids is 1. The lowest BCUT2D eigenvalue weighted by atomic mass is 10.1. The molecule has 0 aliphatic rings. The Hall–Kier alpha value is -1.14. The highest BCUT2D eigenvalue weighted by atomic mass is 32.1. The maximum absolute atomic E-state index is 11.0. The summed E-state index contributed by atoms with van der Waals surface area (Å²) in [5, 5.41) is 14.6. The maximum Gasteiger partial charge on any atom is 0.326 e. The van der Waals surface area contributed by atoms with Crippen LogP contribution in [-0.4, -0.2) is 35.8 Å². The van der Waals surface area contributed by atoms with Crippen LogP contribution in [0.3, 0.4) is 0 Å². The van der Waals surface area contributed by atoms with Gasteiger partial charge in [0.2, 0.25) is 0 Å². The number of hydrogen-bond acceptors (Lipinski definition) is 5. The van der Waals surface area contributed by atoms with Gasteiger partial charge in [0, 0.05) is 19.1 Å². The van der Waals surface area contributed by atoms with Gasteiger partial charge in [-0.15, -0.1) is 11.3 Å². The number of nitrogens with one attached hydrogen (secondary N) is 1. The molecule has 1 heterocycles. The van der Waals surface area contributed by atoms with Gasteiger partial charge < -0.3 is 15.2 Å². The molecule has 1 aromatic heterocycles. The first kappa shape index (κ1) is 13.9. The second kappa shape index (κ2) is 7.24. The molecule has 0 saturated heterocycles. The normalized spacial score (nSPS) is 12.4. The Balaban J connectivity index is 2.50. The van der Waals surface area contributed by atoms with Crippen LogP contribution in [-0.2, 0) is 16.0 Å². The van der Waals surface area contributed by atoms with E-state index in [0.717, 1.165) is 12.1 Å². The van der Waals surface area contributed by atoms with Gasteiger partial charge in [0.15, 0.2) is 5.13 Å². The third-order valence-corrected chi connectivity index (χ3v) is 3.17. The summed E-state index contributed by atoms with van der Waals surface area (Å²) in [5.41, 5.74) is 0.985. The van der Waals surface area contributed by atoms with E-state index in [1.807, 2.05) is 12.3 Å². The first-order chi connectivity index (χ1) is 8.17. The maximum atomic E-state index is 11.0. The Morgan fingerprint density at radius 3 is 3.00 bits per heavy atom. The van der Waals surface area contributed by atoms with Crippen LogP contribution >= 0.6 is 11.3 Å². The monoisotopic (exact) mass is 258 g/mol. The molecule has 1 rings (SSSR count). The van der Waals surface area contributed by atoms with Gasteiger partial charge in [-0.3, -0.25) is 0 Å². The summed E-state index contributed by atoms with van der Waals surface area (Å²) in [7, 11) is 1.61. The third kappa shape index (κ3) is 4.70. The second-order valence-corrected chi connectivity index (χ2v) is 4.53. The molecule has 0 bridgehead atoms. The molecule has 0 radical (unpaired) electrons. The zero-order valence-corrected chi connectivity index (χ0v) is 10.9. The zero-order valence-electron chi connectivity index (χ0n) is 10.1. The van der Waals surface area contributed by atoms with Crippen molar-refractivity contribution in [2.75, 3.05) is 19.0 Å². The van der Waals surface area contributed by atoms with E-state index in [1.54, 1.807) is 7.11 Å². The number of aromatic nitrogens is 1. The van der Waals surface area contributed by atoms with Crippen LogP contribution in [0.5, 0.6) is 0 Å². The van der Waals surface area contributed by atoms with Gasteiger partial charge >= 0.3 is 5.97 Å². The number of carbonyl (C=O) groups is 1. The van der Waals surface area contributed by atoms with E-state index in [-0.39, 0.29) is 0 Å². The fourth-order valence-electron chi connectivity index (χ4n) is 1.37. The largest absolute Gasteiger partial charge is 0.480 e. The number of aliphatic carboxylic acids is 1. The molecule has 6 heteroatoms. The van der Waals surface area contributed by atoms with Crippen LogP contribution in [0.15, 0.2) is 5.38 Å². The fourth-order valence-corrected chi connectivity index (χ4v) is 2.22. The van der Waals surface area contributed by atoms with Gasteiger partial charge in [-0.1, -0.05) is 6.92 Å². The van der Waals surface area contributed by atoms with E-state index >= 15 is 0 Å². The van der Waals surface area contributed by atoms with E-state index in [2.05, 4.69) is 10.3 Å². The van der Waals surface area contributed by atoms with E-state index in [0.29, 0.717) is 24.6 Å². The zero-order chi connectivity index (χ0) is 12.7. The second-order valence-electron chi connectivity index (χ2n) is 3.67. The molecule has 0 amide bonds. The van der Waals surface area contributed by atoms with Crippen molar-refractivity contribution >= 4 is 22.4 Å². The van der Waals surface area contributed by atoms with Gasteiger partial charge in [-0.25, -0.2) is 9.78 Å². The number of anilines is 1. The molecule has 2 N–H and O–H groups in total. The SMILES string of the molecule is CCc1csc(NC(CCCOC)C(=O)O)n1. The van der Waals surface area contributed by atoms with Crippen molar-refractivity contribution in [1.29, 1.82) is 0 Å². The van der Waals surface area contributed by atoms with Gasteiger partial charge in [-0.05, 0) is 19.3 Å². The summed E-state index contributed by atoms with van der Waals surface area (Å²) in [6.45, 7) is 2.59. The number of nitrogens with zero attached hydrogens (tertiary/aromatic N) is 1. The number of thiazole rings is 1. The summed E-state index contributed by atoms with van der Waals surface area (Å²) >= 11 is 1.44. The van der Waals surface area contributed by atoms with Gasteiger partial charge in [-0.2, -0.15) is 0 Å². The molecule has 1 atom stereocenters. The number of methoxy groups -OCH3 is 1. The van der Waals surface area contributed by atoms with Crippen molar-refractivity contribution in [2.24, 2.45) is 0 Å². The van der Waals surface area contributed by atoms with Crippen LogP contribution < -0.4 is 5.32 Å². The van der Waals surface area contributed by atoms with Crippen molar-refractivity contribution in [1.82, 2.24) is 4.98 Å². The van der Waals surface area contributed by atoms with E-state index in [9.17, 15) is 4.79 Å². The Labute approximate surface area is 105 Å². The molecule has 0 aromatic carbocycles. The number of aryl methyl sites for hydroxylation is 1. The summed E-state index contributed by atoms with van der Waals surface area (Å²) in [5.74, 6) is -0.852. The van der Waals surface area contributed by atoms with Gasteiger partial charge in [0.05, 0.1) is 5.69 Å². The standard InChI is InChI=1S/C11H18N2O3S/c1-3-8-7-17-11(12-8)13-9(10(14)15)5-4-6-16-2/h7,9H,3-6H2,1-2H3,(H,12,13)(H,14,15). The van der Waals surface area contributed by atoms with E-state index < -0.39 is 12.0 Å². The highest BCUT2D eigenvalue weighted by molar-refractivity contribution is 7.13. The van der Waals surface area contributed by atoms with Crippen LogP contribution in [0, 0.1) is 0 Å². The predicted octanol–water partition coefficient (Wildman–Crippen LogP) is 2.00. The number of carboxylic acid groups (broad SMARTS) is 1. The third-order valence-electron chi connectivity index (χ3n) is 2.35. The first-order valence-electron chi connectivity index (χ1n) is 5.60. The Kier molecular flexibility index (Phi) is 5.93. The van der Waals surface area contributed by atoms with Crippen molar-refractivity contribution in [2.45, 2.75) is 32.2 Å². The lowest BCUT2D eigenvalue weighted by Gasteiger charge is -2.12. The highest BCUT2D eigenvalue weighted by Crippen LogP contribution is 2.17. The molecule has 1 unspecified atom stereocenters.